The van der Waals surface area contributed by atoms with Crippen LogP contribution in [0.2, 0.25) is 0 Å². The molecule has 0 atom stereocenters. The number of aromatic amines is 1. The highest BCUT2D eigenvalue weighted by Crippen LogP contribution is 2.36. The summed E-state index contributed by atoms with van der Waals surface area (Å²) >= 11 is 0. The van der Waals surface area contributed by atoms with E-state index in [9.17, 15) is 0 Å². The first-order valence-corrected chi connectivity index (χ1v) is 9.63. The van der Waals surface area contributed by atoms with Gasteiger partial charge in [-0.1, -0.05) is 24.3 Å². The van der Waals surface area contributed by atoms with E-state index in [1.54, 1.807) is 0 Å². The van der Waals surface area contributed by atoms with E-state index in [2.05, 4.69) is 46.4 Å². The summed E-state index contributed by atoms with van der Waals surface area (Å²) < 4.78 is 5.73. The van der Waals surface area contributed by atoms with Crippen molar-refractivity contribution in [3.8, 4) is 17.0 Å². The Morgan fingerprint density at radius 3 is 2.81 bits per heavy atom. The fourth-order valence-electron chi connectivity index (χ4n) is 3.72. The lowest BCUT2D eigenvalue weighted by atomic mass is 9.98. The van der Waals surface area contributed by atoms with Gasteiger partial charge in [0.1, 0.15) is 5.75 Å². The average molecular weight is 359 g/mol. The van der Waals surface area contributed by atoms with E-state index in [1.807, 2.05) is 25.3 Å². The minimum atomic E-state index is 0.665. The molecule has 0 radical (unpaired) electrons. The number of hydrogen-bond acceptors (Lipinski definition) is 3. The molecule has 0 aliphatic rings. The summed E-state index contributed by atoms with van der Waals surface area (Å²) in [7, 11) is 0. The second-order valence-corrected chi connectivity index (χ2v) is 6.75. The van der Waals surface area contributed by atoms with Crippen molar-refractivity contribution in [2.45, 2.75) is 26.2 Å². The second kappa shape index (κ2) is 7.80. The van der Waals surface area contributed by atoms with Crippen molar-refractivity contribution in [2.75, 3.05) is 13.2 Å². The molecule has 3 N–H and O–H groups in total. The molecule has 0 spiro atoms. The SMILES string of the molecule is CCOc1ccc2[nH]c(-c3cccc4cccnc34)c(CCCCN)c2c1. The van der Waals surface area contributed by atoms with Crippen LogP contribution in [0.5, 0.6) is 5.75 Å². The number of pyridine rings is 1. The summed E-state index contributed by atoms with van der Waals surface area (Å²) in [5.74, 6) is 0.909. The van der Waals surface area contributed by atoms with Gasteiger partial charge in [-0.15, -0.1) is 0 Å². The standard InChI is InChI=1S/C23H25N3O/c1-2-27-17-11-12-21-20(15-17)18(9-3-4-13-24)23(26-21)19-10-5-7-16-8-6-14-25-22(16)19/h5-8,10-12,14-15,26H,2-4,9,13,24H2,1H3. The fraction of sp³-hybridized carbons (Fsp3) is 0.261. The molecular formula is C23H25N3O. The van der Waals surface area contributed by atoms with Crippen LogP contribution >= 0.6 is 0 Å². The molecule has 0 bridgehead atoms. The van der Waals surface area contributed by atoms with Gasteiger partial charge in [0.25, 0.3) is 0 Å². The number of benzene rings is 2. The van der Waals surface area contributed by atoms with Crippen LogP contribution in [0.4, 0.5) is 0 Å². The zero-order valence-electron chi connectivity index (χ0n) is 15.7. The van der Waals surface area contributed by atoms with Crippen LogP contribution in [0, 0.1) is 0 Å². The third-order valence-electron chi connectivity index (χ3n) is 4.97. The zero-order chi connectivity index (χ0) is 18.6. The lowest BCUT2D eigenvalue weighted by molar-refractivity contribution is 0.340. The van der Waals surface area contributed by atoms with Gasteiger partial charge in [-0.2, -0.15) is 0 Å². The van der Waals surface area contributed by atoms with Crippen molar-refractivity contribution in [2.24, 2.45) is 5.73 Å². The molecule has 0 fully saturated rings. The Bertz CT molecular complexity index is 1060. The minimum Gasteiger partial charge on any atom is -0.494 e. The van der Waals surface area contributed by atoms with Crippen molar-refractivity contribution in [1.82, 2.24) is 9.97 Å². The Kier molecular flexibility index (Phi) is 5.07. The molecule has 138 valence electrons. The molecule has 4 heteroatoms. The van der Waals surface area contributed by atoms with Gasteiger partial charge >= 0.3 is 0 Å². The molecule has 2 aromatic heterocycles. The number of H-pyrrole nitrogens is 1. The Morgan fingerprint density at radius 2 is 1.96 bits per heavy atom. The summed E-state index contributed by atoms with van der Waals surface area (Å²) in [6.07, 6.45) is 4.92. The molecule has 0 aliphatic carbocycles. The maximum Gasteiger partial charge on any atom is 0.120 e. The maximum absolute atomic E-state index is 5.73. The van der Waals surface area contributed by atoms with Gasteiger partial charge < -0.3 is 15.5 Å². The van der Waals surface area contributed by atoms with Crippen LogP contribution in [0.3, 0.4) is 0 Å². The summed E-state index contributed by atoms with van der Waals surface area (Å²) in [5, 5.41) is 2.37. The van der Waals surface area contributed by atoms with Gasteiger partial charge in [0.15, 0.2) is 0 Å². The number of aromatic nitrogens is 2. The molecule has 2 heterocycles. The van der Waals surface area contributed by atoms with Gasteiger partial charge in [0.2, 0.25) is 0 Å². The minimum absolute atomic E-state index is 0.665. The normalized spacial score (nSPS) is 11.3. The highest BCUT2D eigenvalue weighted by atomic mass is 16.5. The van der Waals surface area contributed by atoms with Gasteiger partial charge in [0.05, 0.1) is 17.8 Å². The second-order valence-electron chi connectivity index (χ2n) is 6.75. The number of nitrogens with one attached hydrogen (secondary N) is 1. The Morgan fingerprint density at radius 1 is 1.07 bits per heavy atom. The number of fused-ring (bicyclic) bond motifs is 2. The van der Waals surface area contributed by atoms with Crippen molar-refractivity contribution >= 4 is 21.8 Å². The predicted molar refractivity (Wildman–Crippen MR) is 112 cm³/mol. The van der Waals surface area contributed by atoms with Crippen molar-refractivity contribution in [3.63, 3.8) is 0 Å². The lowest BCUT2D eigenvalue weighted by Gasteiger charge is -2.08. The molecule has 0 amide bonds. The third kappa shape index (κ3) is 3.40. The van der Waals surface area contributed by atoms with Crippen molar-refractivity contribution in [1.29, 1.82) is 0 Å². The third-order valence-corrected chi connectivity index (χ3v) is 4.97. The largest absolute Gasteiger partial charge is 0.494 e. The van der Waals surface area contributed by atoms with Crippen LogP contribution in [-0.4, -0.2) is 23.1 Å². The molecule has 4 rings (SSSR count). The number of ether oxygens (including phenoxy) is 1. The summed E-state index contributed by atoms with van der Waals surface area (Å²) in [6.45, 7) is 3.40. The van der Waals surface area contributed by atoms with Crippen LogP contribution in [-0.2, 0) is 6.42 Å². The molecule has 4 nitrogen and oxygen atoms in total. The van der Waals surface area contributed by atoms with E-state index in [1.165, 1.54) is 10.9 Å². The van der Waals surface area contributed by atoms with Crippen LogP contribution in [0.1, 0.15) is 25.3 Å². The van der Waals surface area contributed by atoms with E-state index in [4.69, 9.17) is 10.5 Å². The smallest absolute Gasteiger partial charge is 0.120 e. The maximum atomic E-state index is 5.73. The lowest BCUT2D eigenvalue weighted by Crippen LogP contribution is -1.99. The summed E-state index contributed by atoms with van der Waals surface area (Å²) in [4.78, 5) is 8.29. The molecule has 0 saturated heterocycles. The predicted octanol–water partition coefficient (Wildman–Crippen LogP) is 5.06. The average Bonchev–Trinajstić information content (AvgIpc) is 3.06. The zero-order valence-corrected chi connectivity index (χ0v) is 15.7. The number of para-hydroxylation sites is 1. The molecule has 0 unspecified atom stereocenters. The quantitative estimate of drug-likeness (QED) is 0.453. The van der Waals surface area contributed by atoms with Gasteiger partial charge in [-0.3, -0.25) is 4.98 Å². The monoisotopic (exact) mass is 359 g/mol. The highest BCUT2D eigenvalue weighted by molar-refractivity contribution is 5.99. The van der Waals surface area contributed by atoms with Gasteiger partial charge in [-0.05, 0) is 62.6 Å². The summed E-state index contributed by atoms with van der Waals surface area (Å²) in [6, 6.07) is 16.7. The van der Waals surface area contributed by atoms with Crippen LogP contribution < -0.4 is 10.5 Å². The molecule has 0 saturated carbocycles. The summed E-state index contributed by atoms with van der Waals surface area (Å²) in [5.41, 5.74) is 11.5. The van der Waals surface area contributed by atoms with E-state index in [-0.39, 0.29) is 0 Å². The van der Waals surface area contributed by atoms with E-state index in [0.29, 0.717) is 6.61 Å². The first-order valence-electron chi connectivity index (χ1n) is 9.63. The Balaban J connectivity index is 1.91. The van der Waals surface area contributed by atoms with Crippen LogP contribution in [0.15, 0.2) is 54.7 Å². The van der Waals surface area contributed by atoms with E-state index < -0.39 is 0 Å². The Labute approximate surface area is 159 Å². The first-order chi connectivity index (χ1) is 13.3. The van der Waals surface area contributed by atoms with E-state index in [0.717, 1.165) is 59.2 Å². The molecule has 27 heavy (non-hydrogen) atoms. The molecular weight excluding hydrogens is 334 g/mol. The number of nitrogens with two attached hydrogens (primary N) is 1. The van der Waals surface area contributed by atoms with Gasteiger partial charge in [0, 0.05) is 28.0 Å². The number of aryl methyl sites for hydroxylation is 1. The Hall–Kier alpha value is -2.85. The van der Waals surface area contributed by atoms with Gasteiger partial charge in [-0.25, -0.2) is 0 Å². The molecule has 0 aliphatic heterocycles. The molecule has 4 aromatic rings. The number of nitrogens with zero attached hydrogens (tertiary/aromatic N) is 1. The first kappa shape index (κ1) is 17.6. The topological polar surface area (TPSA) is 63.9 Å². The fourth-order valence-corrected chi connectivity index (χ4v) is 3.72. The van der Waals surface area contributed by atoms with Crippen molar-refractivity contribution in [3.05, 3.63) is 60.3 Å². The van der Waals surface area contributed by atoms with E-state index >= 15 is 0 Å². The highest BCUT2D eigenvalue weighted by Gasteiger charge is 2.16. The van der Waals surface area contributed by atoms with Crippen molar-refractivity contribution < 1.29 is 4.74 Å². The number of rotatable bonds is 7. The van der Waals surface area contributed by atoms with Crippen LogP contribution in [0.25, 0.3) is 33.1 Å². The number of unbranched alkanes of at least 4 members (excludes halogenated alkanes) is 1. The number of hydrogen-bond donors (Lipinski definition) is 2. The molecule has 2 aromatic carbocycles.